The summed E-state index contributed by atoms with van der Waals surface area (Å²) in [6, 6.07) is 3.37. The minimum Gasteiger partial charge on any atom is -0.379 e. The van der Waals surface area contributed by atoms with Gasteiger partial charge in [-0.1, -0.05) is 6.07 Å². The molecule has 1 amide bonds. The number of carbonyl (C=O) groups is 1. The van der Waals surface area contributed by atoms with E-state index in [4.69, 9.17) is 4.74 Å². The van der Waals surface area contributed by atoms with Crippen molar-refractivity contribution in [3.63, 3.8) is 0 Å². The number of ether oxygens (including phenoxy) is 1. The Hall–Kier alpha value is -1.00. The maximum Gasteiger partial charge on any atom is 0.252 e. The van der Waals surface area contributed by atoms with E-state index in [-0.39, 0.29) is 11.8 Å². The van der Waals surface area contributed by atoms with Gasteiger partial charge in [-0.2, -0.15) is 4.31 Å². The van der Waals surface area contributed by atoms with Crippen molar-refractivity contribution < 1.29 is 17.9 Å². The second-order valence-electron chi connectivity index (χ2n) is 6.36. The summed E-state index contributed by atoms with van der Waals surface area (Å²) in [5.41, 5.74) is 0. The molecule has 3 rings (SSSR count). The molecule has 1 aromatic rings. The van der Waals surface area contributed by atoms with E-state index in [0.29, 0.717) is 36.7 Å². The number of morpholine rings is 1. The minimum atomic E-state index is -3.40. The molecule has 0 saturated carbocycles. The van der Waals surface area contributed by atoms with Crippen LogP contribution >= 0.6 is 11.3 Å². The van der Waals surface area contributed by atoms with Crippen molar-refractivity contribution in [2.75, 3.05) is 52.5 Å². The lowest BCUT2D eigenvalue weighted by Gasteiger charge is -2.30. The molecule has 140 valence electrons. The number of nitrogens with one attached hydrogen (secondary N) is 1. The van der Waals surface area contributed by atoms with E-state index in [9.17, 15) is 13.2 Å². The van der Waals surface area contributed by atoms with Gasteiger partial charge in [0.15, 0.2) is 0 Å². The van der Waals surface area contributed by atoms with E-state index >= 15 is 0 Å². The van der Waals surface area contributed by atoms with E-state index in [2.05, 4.69) is 10.2 Å². The lowest BCUT2D eigenvalue weighted by Crippen LogP contribution is -2.45. The van der Waals surface area contributed by atoms with Gasteiger partial charge >= 0.3 is 0 Å². The number of sulfonamides is 1. The molecule has 3 heterocycles. The zero-order chi connectivity index (χ0) is 17.7. The van der Waals surface area contributed by atoms with E-state index in [1.54, 1.807) is 17.5 Å². The third-order valence-electron chi connectivity index (χ3n) is 4.74. The van der Waals surface area contributed by atoms with Crippen LogP contribution < -0.4 is 5.32 Å². The first kappa shape index (κ1) is 18.8. The topological polar surface area (TPSA) is 79.0 Å². The SMILES string of the molecule is O=C(NCCN1CCOCC1)C1CCN(S(=O)(=O)c2cccs2)CC1. The highest BCUT2D eigenvalue weighted by atomic mass is 32.2. The Morgan fingerprint density at radius 3 is 2.60 bits per heavy atom. The normalized spacial score (nSPS) is 21.3. The van der Waals surface area contributed by atoms with Crippen LogP contribution in [-0.4, -0.2) is 76.0 Å². The van der Waals surface area contributed by atoms with Gasteiger partial charge in [-0.3, -0.25) is 9.69 Å². The summed E-state index contributed by atoms with van der Waals surface area (Å²) in [7, 11) is -3.40. The predicted octanol–water partition coefficient (Wildman–Crippen LogP) is 0.597. The Bertz CT molecular complexity index is 649. The van der Waals surface area contributed by atoms with Crippen molar-refractivity contribution in [2.45, 2.75) is 17.1 Å². The van der Waals surface area contributed by atoms with Gasteiger partial charge < -0.3 is 10.1 Å². The lowest BCUT2D eigenvalue weighted by atomic mass is 9.97. The van der Waals surface area contributed by atoms with Crippen LogP contribution in [0.3, 0.4) is 0 Å². The molecule has 0 aromatic carbocycles. The average molecular weight is 388 g/mol. The summed E-state index contributed by atoms with van der Waals surface area (Å²) < 4.78 is 32.2. The van der Waals surface area contributed by atoms with Crippen molar-refractivity contribution in [3.8, 4) is 0 Å². The van der Waals surface area contributed by atoms with Gasteiger partial charge in [0, 0.05) is 45.2 Å². The zero-order valence-corrected chi connectivity index (χ0v) is 15.9. The van der Waals surface area contributed by atoms with Gasteiger partial charge in [-0.05, 0) is 24.3 Å². The van der Waals surface area contributed by atoms with E-state index in [1.165, 1.54) is 15.6 Å². The highest BCUT2D eigenvalue weighted by Crippen LogP contribution is 2.26. The predicted molar refractivity (Wildman–Crippen MR) is 96.1 cm³/mol. The van der Waals surface area contributed by atoms with Crippen LogP contribution in [0.2, 0.25) is 0 Å². The molecule has 2 fully saturated rings. The van der Waals surface area contributed by atoms with Gasteiger partial charge in [-0.15, -0.1) is 11.3 Å². The molecule has 1 N–H and O–H groups in total. The van der Waals surface area contributed by atoms with Gasteiger partial charge in [0.1, 0.15) is 4.21 Å². The number of nitrogens with zero attached hydrogens (tertiary/aromatic N) is 2. The summed E-state index contributed by atoms with van der Waals surface area (Å²) in [4.78, 5) is 14.6. The Labute approximate surface area is 153 Å². The Balaban J connectivity index is 1.41. The molecule has 0 radical (unpaired) electrons. The minimum absolute atomic E-state index is 0.0430. The van der Waals surface area contributed by atoms with Crippen LogP contribution in [0.5, 0.6) is 0 Å². The fraction of sp³-hybridized carbons (Fsp3) is 0.688. The highest BCUT2D eigenvalue weighted by Gasteiger charge is 2.32. The second-order valence-corrected chi connectivity index (χ2v) is 9.47. The molecule has 0 unspecified atom stereocenters. The molecule has 0 aliphatic carbocycles. The third-order valence-corrected chi connectivity index (χ3v) is 8.02. The largest absolute Gasteiger partial charge is 0.379 e. The van der Waals surface area contributed by atoms with Crippen LogP contribution in [0.1, 0.15) is 12.8 Å². The molecule has 1 aromatic heterocycles. The summed E-state index contributed by atoms with van der Waals surface area (Å²) in [5, 5.41) is 4.76. The van der Waals surface area contributed by atoms with Crippen LogP contribution in [0.25, 0.3) is 0 Å². The van der Waals surface area contributed by atoms with Crippen LogP contribution in [0.15, 0.2) is 21.7 Å². The lowest BCUT2D eigenvalue weighted by molar-refractivity contribution is -0.126. The molecule has 2 aliphatic rings. The molecule has 2 aliphatic heterocycles. The van der Waals surface area contributed by atoms with E-state index in [0.717, 1.165) is 32.8 Å². The van der Waals surface area contributed by atoms with Crippen molar-refractivity contribution in [1.29, 1.82) is 0 Å². The number of carbonyl (C=O) groups excluding carboxylic acids is 1. The fourth-order valence-corrected chi connectivity index (χ4v) is 5.82. The Kier molecular flexibility index (Phi) is 6.45. The molecule has 0 bridgehead atoms. The van der Waals surface area contributed by atoms with Gasteiger partial charge in [0.25, 0.3) is 10.0 Å². The molecule has 0 atom stereocenters. The van der Waals surface area contributed by atoms with Crippen molar-refractivity contribution in [1.82, 2.24) is 14.5 Å². The Morgan fingerprint density at radius 1 is 1.24 bits per heavy atom. The van der Waals surface area contributed by atoms with E-state index in [1.807, 2.05) is 0 Å². The molecular formula is C16H25N3O4S2. The first-order chi connectivity index (χ1) is 12.1. The number of hydrogen-bond acceptors (Lipinski definition) is 6. The van der Waals surface area contributed by atoms with Crippen LogP contribution in [0.4, 0.5) is 0 Å². The van der Waals surface area contributed by atoms with Crippen molar-refractivity contribution >= 4 is 27.3 Å². The molecule has 7 nitrogen and oxygen atoms in total. The van der Waals surface area contributed by atoms with Gasteiger partial charge in [0.05, 0.1) is 13.2 Å². The third kappa shape index (κ3) is 4.79. The van der Waals surface area contributed by atoms with Crippen LogP contribution in [0, 0.1) is 5.92 Å². The number of thiophene rings is 1. The first-order valence-electron chi connectivity index (χ1n) is 8.69. The van der Waals surface area contributed by atoms with Crippen LogP contribution in [-0.2, 0) is 19.6 Å². The smallest absolute Gasteiger partial charge is 0.252 e. The molecule has 0 spiro atoms. The summed E-state index contributed by atoms with van der Waals surface area (Å²) in [6.07, 6.45) is 1.15. The van der Waals surface area contributed by atoms with Crippen molar-refractivity contribution in [2.24, 2.45) is 5.92 Å². The number of hydrogen-bond donors (Lipinski definition) is 1. The zero-order valence-electron chi connectivity index (χ0n) is 14.2. The molecule has 2 saturated heterocycles. The number of amides is 1. The van der Waals surface area contributed by atoms with Gasteiger partial charge in [-0.25, -0.2) is 8.42 Å². The standard InChI is InChI=1S/C16H25N3O4S2/c20-16(17-5-8-18-9-11-23-12-10-18)14-3-6-19(7-4-14)25(21,22)15-2-1-13-24-15/h1-2,13-14H,3-12H2,(H,17,20). The van der Waals surface area contributed by atoms with E-state index < -0.39 is 10.0 Å². The highest BCUT2D eigenvalue weighted by molar-refractivity contribution is 7.91. The van der Waals surface area contributed by atoms with Gasteiger partial charge in [0.2, 0.25) is 5.91 Å². The first-order valence-corrected chi connectivity index (χ1v) is 11.0. The maximum atomic E-state index is 12.5. The average Bonchev–Trinajstić information content (AvgIpc) is 3.18. The van der Waals surface area contributed by atoms with Crippen molar-refractivity contribution in [3.05, 3.63) is 17.5 Å². The Morgan fingerprint density at radius 2 is 1.96 bits per heavy atom. The molecular weight excluding hydrogens is 362 g/mol. The monoisotopic (exact) mass is 387 g/mol. The maximum absolute atomic E-state index is 12.5. The number of piperidine rings is 1. The molecule has 25 heavy (non-hydrogen) atoms. The fourth-order valence-electron chi connectivity index (χ4n) is 3.20. The second kappa shape index (κ2) is 8.59. The summed E-state index contributed by atoms with van der Waals surface area (Å²) >= 11 is 1.23. The summed E-state index contributed by atoms with van der Waals surface area (Å²) in [6.45, 7) is 5.61. The molecule has 9 heteroatoms. The number of rotatable bonds is 6. The quantitative estimate of drug-likeness (QED) is 0.773. The summed E-state index contributed by atoms with van der Waals surface area (Å²) in [5.74, 6) is -0.0547.